The molecule has 2 heterocycles. The number of carboxylic acid groups (broad SMARTS) is 1. The average molecular weight is 314 g/mol. The van der Waals surface area contributed by atoms with Gasteiger partial charge in [0.1, 0.15) is 24.4 Å². The Morgan fingerprint density at radius 2 is 2.05 bits per heavy atom. The van der Waals surface area contributed by atoms with Gasteiger partial charge in [-0.1, -0.05) is 0 Å². The minimum absolute atomic E-state index is 0.183. The third-order valence-corrected chi connectivity index (χ3v) is 3.22. The number of nitrogens with zero attached hydrogens (tertiary/aromatic N) is 1. The van der Waals surface area contributed by atoms with Gasteiger partial charge in [-0.15, -0.1) is 0 Å². The van der Waals surface area contributed by atoms with Gasteiger partial charge in [-0.25, -0.2) is 9.59 Å². The maximum absolute atomic E-state index is 11.8. The van der Waals surface area contributed by atoms with Crippen LogP contribution in [-0.2, 0) is 9.53 Å². The highest BCUT2D eigenvalue weighted by atomic mass is 16.6. The number of aliphatic carboxylic acids is 1. The van der Waals surface area contributed by atoms with Crippen molar-refractivity contribution in [1.29, 1.82) is 0 Å². The third kappa shape index (κ3) is 2.99. The Hall–Kier alpha value is -2.27. The summed E-state index contributed by atoms with van der Waals surface area (Å²) in [6.07, 6.45) is -2.63. The minimum atomic E-state index is -1.48. The zero-order valence-corrected chi connectivity index (χ0v) is 11.1. The van der Waals surface area contributed by atoms with E-state index in [9.17, 15) is 24.6 Å². The average Bonchev–Trinajstić information content (AvgIpc) is 2.74. The first kappa shape index (κ1) is 16.1. The molecule has 120 valence electrons. The van der Waals surface area contributed by atoms with Crippen molar-refractivity contribution in [3.8, 4) is 0 Å². The number of aliphatic hydroxyl groups is 3. The molecule has 0 saturated carbocycles. The Bertz CT molecular complexity index is 706. The Kier molecular flexibility index (Phi) is 4.56. The van der Waals surface area contributed by atoms with E-state index in [1.54, 1.807) is 0 Å². The number of rotatable bonds is 4. The van der Waals surface area contributed by atoms with E-state index in [0.717, 1.165) is 17.0 Å². The molecule has 1 saturated heterocycles. The fraction of sp³-hybridized carbons (Fsp3) is 0.417. The van der Waals surface area contributed by atoms with E-state index < -0.39 is 48.2 Å². The zero-order valence-electron chi connectivity index (χ0n) is 11.1. The van der Waals surface area contributed by atoms with Crippen molar-refractivity contribution in [2.75, 3.05) is 6.61 Å². The van der Waals surface area contributed by atoms with Crippen LogP contribution in [0.2, 0.25) is 0 Å². The molecule has 1 aliphatic rings. The van der Waals surface area contributed by atoms with E-state index in [0.29, 0.717) is 6.08 Å². The van der Waals surface area contributed by atoms with Gasteiger partial charge in [0.2, 0.25) is 0 Å². The third-order valence-electron chi connectivity index (χ3n) is 3.22. The summed E-state index contributed by atoms with van der Waals surface area (Å²) in [6.45, 7) is -0.564. The van der Waals surface area contributed by atoms with Gasteiger partial charge in [0.15, 0.2) is 0 Å². The van der Waals surface area contributed by atoms with E-state index >= 15 is 0 Å². The maximum atomic E-state index is 11.8. The van der Waals surface area contributed by atoms with Gasteiger partial charge in [0.05, 0.1) is 12.2 Å². The highest BCUT2D eigenvalue weighted by Crippen LogP contribution is 2.31. The highest BCUT2D eigenvalue weighted by Gasteiger charge is 2.44. The fourth-order valence-corrected chi connectivity index (χ4v) is 2.12. The number of aliphatic hydroxyl groups excluding tert-OH is 3. The molecule has 0 radical (unpaired) electrons. The number of nitrogens with one attached hydrogen (secondary N) is 1. The molecule has 10 nitrogen and oxygen atoms in total. The van der Waals surface area contributed by atoms with Gasteiger partial charge in [-0.3, -0.25) is 14.3 Å². The molecule has 0 unspecified atom stereocenters. The summed E-state index contributed by atoms with van der Waals surface area (Å²) in [6, 6.07) is 0. The summed E-state index contributed by atoms with van der Waals surface area (Å²) in [7, 11) is 0. The molecule has 5 N–H and O–H groups in total. The van der Waals surface area contributed by atoms with E-state index in [1.807, 2.05) is 4.98 Å². The van der Waals surface area contributed by atoms with E-state index in [-0.39, 0.29) is 5.56 Å². The first-order chi connectivity index (χ1) is 10.3. The van der Waals surface area contributed by atoms with Gasteiger partial charge < -0.3 is 25.2 Å². The van der Waals surface area contributed by atoms with Crippen LogP contribution < -0.4 is 11.2 Å². The monoisotopic (exact) mass is 314 g/mol. The van der Waals surface area contributed by atoms with E-state index in [1.165, 1.54) is 0 Å². The van der Waals surface area contributed by atoms with Crippen LogP contribution in [0, 0.1) is 0 Å². The fourth-order valence-electron chi connectivity index (χ4n) is 2.12. The summed E-state index contributed by atoms with van der Waals surface area (Å²) in [4.78, 5) is 35.8. The van der Waals surface area contributed by atoms with Crippen molar-refractivity contribution in [3.05, 3.63) is 38.7 Å². The summed E-state index contributed by atoms with van der Waals surface area (Å²) < 4.78 is 5.99. The van der Waals surface area contributed by atoms with Crippen molar-refractivity contribution < 1.29 is 30.0 Å². The predicted molar refractivity (Wildman–Crippen MR) is 71.0 cm³/mol. The van der Waals surface area contributed by atoms with Crippen LogP contribution in [0.3, 0.4) is 0 Å². The normalized spacial score (nSPS) is 28.3. The molecule has 0 spiro atoms. The van der Waals surface area contributed by atoms with Gasteiger partial charge >= 0.3 is 11.7 Å². The van der Waals surface area contributed by atoms with Gasteiger partial charge in [-0.05, 0) is 0 Å². The molecule has 0 bridgehead atoms. The molecule has 22 heavy (non-hydrogen) atoms. The second-order valence-corrected chi connectivity index (χ2v) is 4.66. The lowest BCUT2D eigenvalue weighted by Gasteiger charge is -2.14. The predicted octanol–water partition coefficient (Wildman–Crippen LogP) is -2.75. The summed E-state index contributed by atoms with van der Waals surface area (Å²) >= 11 is 0. The zero-order chi connectivity index (χ0) is 16.4. The standard InChI is InChI=1S/C12H14N2O8/c15-4-6-8(18)9(19)10(22-6)5-3-14(2-1-7(16)17)12(21)13-11(5)20/h1-3,6,8-10,15,18-19H,4H2,(H,16,17)(H,13,20,21)/b2-1+/t6-,8-,9-,10+/m1/s1. The van der Waals surface area contributed by atoms with E-state index in [2.05, 4.69) is 0 Å². The molecule has 0 amide bonds. The Labute approximate surface area is 122 Å². The molecule has 4 atom stereocenters. The summed E-state index contributed by atoms with van der Waals surface area (Å²) in [5.41, 5.74) is -1.91. The molecule has 1 aromatic rings. The van der Waals surface area contributed by atoms with E-state index in [4.69, 9.17) is 14.9 Å². The van der Waals surface area contributed by atoms with Crippen molar-refractivity contribution in [2.45, 2.75) is 24.4 Å². The number of carboxylic acids is 1. The van der Waals surface area contributed by atoms with Crippen LogP contribution in [0.25, 0.3) is 6.20 Å². The summed E-state index contributed by atoms with van der Waals surface area (Å²) in [5, 5.41) is 37.1. The van der Waals surface area contributed by atoms with Crippen molar-refractivity contribution in [2.24, 2.45) is 0 Å². The number of ether oxygens (including phenoxy) is 1. The largest absolute Gasteiger partial charge is 0.478 e. The molecular weight excluding hydrogens is 300 g/mol. The smallest absolute Gasteiger partial charge is 0.332 e. The molecule has 2 rings (SSSR count). The van der Waals surface area contributed by atoms with Crippen molar-refractivity contribution >= 4 is 12.2 Å². The molecule has 0 aromatic carbocycles. The van der Waals surface area contributed by atoms with Gasteiger partial charge in [0, 0.05) is 18.5 Å². The van der Waals surface area contributed by atoms with Crippen LogP contribution >= 0.6 is 0 Å². The lowest BCUT2D eigenvalue weighted by molar-refractivity contribution is -0.131. The Balaban J connectivity index is 2.44. The van der Waals surface area contributed by atoms with Crippen LogP contribution in [0.4, 0.5) is 0 Å². The number of H-pyrrole nitrogens is 1. The van der Waals surface area contributed by atoms with Crippen LogP contribution in [0.1, 0.15) is 11.7 Å². The first-order valence-electron chi connectivity index (χ1n) is 6.24. The molecule has 1 aromatic heterocycles. The van der Waals surface area contributed by atoms with Gasteiger partial charge in [0.25, 0.3) is 5.56 Å². The lowest BCUT2D eigenvalue weighted by atomic mass is 10.0. The number of hydrogen-bond donors (Lipinski definition) is 5. The van der Waals surface area contributed by atoms with Crippen LogP contribution in [-0.4, -0.2) is 60.9 Å². The molecule has 1 fully saturated rings. The topological polar surface area (TPSA) is 162 Å². The first-order valence-corrected chi connectivity index (χ1v) is 6.24. The Morgan fingerprint density at radius 1 is 1.36 bits per heavy atom. The second kappa shape index (κ2) is 6.23. The number of aromatic amines is 1. The number of hydrogen-bond acceptors (Lipinski definition) is 7. The van der Waals surface area contributed by atoms with Crippen LogP contribution in [0.5, 0.6) is 0 Å². The van der Waals surface area contributed by atoms with Crippen molar-refractivity contribution in [3.63, 3.8) is 0 Å². The van der Waals surface area contributed by atoms with Crippen molar-refractivity contribution in [1.82, 2.24) is 9.55 Å². The number of carbonyl (C=O) groups is 1. The quantitative estimate of drug-likeness (QED) is 0.373. The SMILES string of the molecule is O=C(O)/C=C/n1cc([C@@H]2O[C@H](CO)[C@@H](O)[C@H]2O)c(=O)[nH]c1=O. The number of aromatic nitrogens is 2. The van der Waals surface area contributed by atoms with Gasteiger partial charge in [-0.2, -0.15) is 0 Å². The second-order valence-electron chi connectivity index (χ2n) is 4.66. The molecule has 1 aliphatic heterocycles. The molecule has 0 aliphatic carbocycles. The molecular formula is C12H14N2O8. The Morgan fingerprint density at radius 3 is 2.59 bits per heavy atom. The molecule has 10 heteroatoms. The highest BCUT2D eigenvalue weighted by molar-refractivity contribution is 5.82. The minimum Gasteiger partial charge on any atom is -0.478 e. The maximum Gasteiger partial charge on any atom is 0.332 e. The summed E-state index contributed by atoms with van der Waals surface area (Å²) in [5.74, 6) is -1.30. The van der Waals surface area contributed by atoms with Crippen LogP contribution in [0.15, 0.2) is 21.9 Å². The lowest BCUT2D eigenvalue weighted by Crippen LogP contribution is -2.35.